The van der Waals surface area contributed by atoms with Crippen LogP contribution in [0.3, 0.4) is 0 Å². The van der Waals surface area contributed by atoms with Crippen molar-refractivity contribution in [3.05, 3.63) is 47.0 Å². The maximum atomic E-state index is 12.8. The minimum Gasteiger partial charge on any atom is -0.340 e. The predicted molar refractivity (Wildman–Crippen MR) is 97.0 cm³/mol. The Kier molecular flexibility index (Phi) is 5.18. The van der Waals surface area contributed by atoms with E-state index in [0.717, 1.165) is 25.9 Å². The zero-order valence-electron chi connectivity index (χ0n) is 15.3. The Morgan fingerprint density at radius 1 is 1.20 bits per heavy atom. The van der Waals surface area contributed by atoms with Gasteiger partial charge >= 0.3 is 0 Å². The molecule has 2 heterocycles. The highest BCUT2D eigenvalue weighted by Crippen LogP contribution is 2.18. The lowest BCUT2D eigenvalue weighted by Crippen LogP contribution is -2.37. The van der Waals surface area contributed by atoms with Gasteiger partial charge in [-0.1, -0.05) is 38.1 Å². The quantitative estimate of drug-likeness (QED) is 0.921. The molecule has 0 saturated heterocycles. The summed E-state index contributed by atoms with van der Waals surface area (Å²) in [5.41, 5.74) is 8.93. The topological polar surface area (TPSA) is 77.0 Å². The Bertz CT molecular complexity index is 725. The molecule has 2 N–H and O–H groups in total. The lowest BCUT2D eigenvalue weighted by atomic mass is 10.0. The van der Waals surface area contributed by atoms with E-state index >= 15 is 0 Å². The Morgan fingerprint density at radius 2 is 1.80 bits per heavy atom. The molecular weight excluding hydrogens is 314 g/mol. The highest BCUT2D eigenvalue weighted by molar-refractivity contribution is 5.76. The maximum Gasteiger partial charge on any atom is 0.244 e. The average Bonchev–Trinajstić information content (AvgIpc) is 2.81. The minimum absolute atomic E-state index is 0.0786. The number of aromatic nitrogens is 3. The number of hydrogen-bond acceptors (Lipinski definition) is 4. The molecule has 0 unspecified atom stereocenters. The van der Waals surface area contributed by atoms with E-state index < -0.39 is 0 Å². The van der Waals surface area contributed by atoms with Crippen LogP contribution in [0.5, 0.6) is 0 Å². The molecule has 3 rings (SSSR count). The third kappa shape index (κ3) is 3.90. The number of nitrogens with zero attached hydrogens (tertiary/aromatic N) is 4. The van der Waals surface area contributed by atoms with Gasteiger partial charge in [-0.3, -0.25) is 4.79 Å². The number of hydrogen-bond donors (Lipinski definition) is 1. The zero-order chi connectivity index (χ0) is 18.0. The van der Waals surface area contributed by atoms with Crippen LogP contribution in [0, 0.1) is 12.8 Å². The van der Waals surface area contributed by atoms with Crippen LogP contribution in [-0.2, 0) is 24.2 Å². The van der Waals surface area contributed by atoms with Gasteiger partial charge in [-0.25, -0.2) is 9.67 Å². The summed E-state index contributed by atoms with van der Waals surface area (Å²) >= 11 is 0. The number of nitrogens with two attached hydrogens (primary N) is 1. The molecule has 1 aliphatic rings. The van der Waals surface area contributed by atoms with Crippen LogP contribution in [0.2, 0.25) is 0 Å². The SMILES string of the molecule is Cc1nc([C@@H](N)C(C)C)n(CC(=O)N2CCc3ccccc3CC2)n1. The van der Waals surface area contributed by atoms with Crippen molar-refractivity contribution in [1.82, 2.24) is 19.7 Å². The number of fused-ring (bicyclic) bond motifs is 1. The van der Waals surface area contributed by atoms with Gasteiger partial charge in [0.15, 0.2) is 0 Å². The van der Waals surface area contributed by atoms with Crippen molar-refractivity contribution in [3.8, 4) is 0 Å². The normalized spacial score (nSPS) is 15.8. The number of aryl methyl sites for hydroxylation is 1. The molecule has 134 valence electrons. The first kappa shape index (κ1) is 17.6. The minimum atomic E-state index is -0.220. The summed E-state index contributed by atoms with van der Waals surface area (Å²) in [6.07, 6.45) is 1.80. The van der Waals surface area contributed by atoms with Gasteiger partial charge in [0.25, 0.3) is 0 Å². The standard InChI is InChI=1S/C19H27N5O/c1-13(2)18(20)19-21-14(3)22-24(19)12-17(25)23-10-8-15-6-4-5-7-16(15)9-11-23/h4-7,13,18H,8-12,20H2,1-3H3/t18-/m0/s1. The van der Waals surface area contributed by atoms with Crippen LogP contribution in [0.1, 0.15) is 42.7 Å². The van der Waals surface area contributed by atoms with Gasteiger partial charge in [0.05, 0.1) is 6.04 Å². The molecule has 1 amide bonds. The van der Waals surface area contributed by atoms with Crippen molar-refractivity contribution in [3.63, 3.8) is 0 Å². The highest BCUT2D eigenvalue weighted by Gasteiger charge is 2.23. The fraction of sp³-hybridized carbons (Fsp3) is 0.526. The van der Waals surface area contributed by atoms with Crippen molar-refractivity contribution >= 4 is 5.91 Å². The summed E-state index contributed by atoms with van der Waals surface area (Å²) in [5, 5.41) is 4.39. The van der Waals surface area contributed by atoms with Crippen LogP contribution in [0.25, 0.3) is 0 Å². The van der Waals surface area contributed by atoms with Crippen molar-refractivity contribution < 1.29 is 4.79 Å². The van der Waals surface area contributed by atoms with E-state index in [0.29, 0.717) is 11.6 Å². The number of rotatable bonds is 4. The second-order valence-corrected chi connectivity index (χ2v) is 7.09. The van der Waals surface area contributed by atoms with Crippen LogP contribution in [0.15, 0.2) is 24.3 Å². The van der Waals surface area contributed by atoms with E-state index in [4.69, 9.17) is 5.73 Å². The molecular formula is C19H27N5O. The van der Waals surface area contributed by atoms with Gasteiger partial charge < -0.3 is 10.6 Å². The van der Waals surface area contributed by atoms with Crippen molar-refractivity contribution in [2.45, 2.75) is 46.2 Å². The number of benzene rings is 1. The van der Waals surface area contributed by atoms with Gasteiger partial charge in [0.2, 0.25) is 5.91 Å². The molecule has 0 saturated carbocycles. The number of carbonyl (C=O) groups is 1. The van der Waals surface area contributed by atoms with E-state index in [9.17, 15) is 4.79 Å². The molecule has 1 atom stereocenters. The van der Waals surface area contributed by atoms with Crippen LogP contribution < -0.4 is 5.73 Å². The van der Waals surface area contributed by atoms with Crippen molar-refractivity contribution in [2.75, 3.05) is 13.1 Å². The summed E-state index contributed by atoms with van der Waals surface area (Å²) in [6.45, 7) is 7.62. The second-order valence-electron chi connectivity index (χ2n) is 7.09. The Labute approximate surface area is 149 Å². The van der Waals surface area contributed by atoms with E-state index in [-0.39, 0.29) is 24.4 Å². The average molecular weight is 341 g/mol. The molecule has 0 fully saturated rings. The number of amides is 1. The van der Waals surface area contributed by atoms with Crippen molar-refractivity contribution in [1.29, 1.82) is 0 Å². The summed E-state index contributed by atoms with van der Waals surface area (Å²) < 4.78 is 1.68. The Balaban J connectivity index is 1.71. The molecule has 6 nitrogen and oxygen atoms in total. The van der Waals surface area contributed by atoms with Gasteiger partial charge in [0, 0.05) is 13.1 Å². The summed E-state index contributed by atoms with van der Waals surface area (Å²) in [5.74, 6) is 1.67. The summed E-state index contributed by atoms with van der Waals surface area (Å²) in [7, 11) is 0. The van der Waals surface area contributed by atoms with E-state index in [1.54, 1.807) is 4.68 Å². The fourth-order valence-corrected chi connectivity index (χ4v) is 3.28. The zero-order valence-corrected chi connectivity index (χ0v) is 15.3. The van der Waals surface area contributed by atoms with E-state index in [2.05, 4.69) is 34.3 Å². The Morgan fingerprint density at radius 3 is 2.36 bits per heavy atom. The molecule has 0 radical (unpaired) electrons. The third-order valence-corrected chi connectivity index (χ3v) is 4.88. The molecule has 25 heavy (non-hydrogen) atoms. The largest absolute Gasteiger partial charge is 0.340 e. The summed E-state index contributed by atoms with van der Waals surface area (Å²) in [4.78, 5) is 19.2. The first-order valence-corrected chi connectivity index (χ1v) is 8.97. The first-order chi connectivity index (χ1) is 12.0. The van der Waals surface area contributed by atoms with Gasteiger partial charge in [-0.15, -0.1) is 0 Å². The smallest absolute Gasteiger partial charge is 0.244 e. The first-order valence-electron chi connectivity index (χ1n) is 8.97. The van der Waals surface area contributed by atoms with Gasteiger partial charge in [0.1, 0.15) is 18.2 Å². The summed E-state index contributed by atoms with van der Waals surface area (Å²) in [6, 6.07) is 8.22. The molecule has 2 aromatic rings. The lowest BCUT2D eigenvalue weighted by Gasteiger charge is -2.21. The lowest BCUT2D eigenvalue weighted by molar-refractivity contribution is -0.132. The van der Waals surface area contributed by atoms with Gasteiger partial charge in [-0.05, 0) is 36.8 Å². The van der Waals surface area contributed by atoms with Gasteiger partial charge in [-0.2, -0.15) is 5.10 Å². The molecule has 1 aliphatic heterocycles. The molecule has 0 bridgehead atoms. The van der Waals surface area contributed by atoms with E-state index in [1.807, 2.05) is 25.7 Å². The molecule has 1 aromatic carbocycles. The third-order valence-electron chi connectivity index (χ3n) is 4.88. The monoisotopic (exact) mass is 341 g/mol. The molecule has 0 aliphatic carbocycles. The maximum absolute atomic E-state index is 12.8. The molecule has 1 aromatic heterocycles. The van der Waals surface area contributed by atoms with Crippen LogP contribution >= 0.6 is 0 Å². The fourth-order valence-electron chi connectivity index (χ4n) is 3.28. The molecule has 6 heteroatoms. The highest BCUT2D eigenvalue weighted by atomic mass is 16.2. The number of carbonyl (C=O) groups excluding carboxylic acids is 1. The molecule has 0 spiro atoms. The van der Waals surface area contributed by atoms with Crippen LogP contribution in [0.4, 0.5) is 0 Å². The Hall–Kier alpha value is -2.21. The van der Waals surface area contributed by atoms with Crippen molar-refractivity contribution in [2.24, 2.45) is 11.7 Å². The second kappa shape index (κ2) is 7.35. The van der Waals surface area contributed by atoms with E-state index in [1.165, 1.54) is 11.1 Å². The predicted octanol–water partition coefficient (Wildman–Crippen LogP) is 1.87. The van der Waals surface area contributed by atoms with Crippen LogP contribution in [-0.4, -0.2) is 38.7 Å².